The minimum absolute atomic E-state index is 0.523. The quantitative estimate of drug-likeness (QED) is 0.137. The van der Waals surface area contributed by atoms with E-state index in [1.807, 2.05) is 109 Å². The highest BCUT2D eigenvalue weighted by molar-refractivity contribution is 6.09. The lowest BCUT2D eigenvalue weighted by Crippen LogP contribution is -2.02. The Bertz CT molecular complexity index is 3280. The topological polar surface area (TPSA) is 75.0 Å². The van der Waals surface area contributed by atoms with E-state index in [1.165, 1.54) is 22.3 Å². The predicted octanol–water partition coefficient (Wildman–Crippen LogP) is 14.9. The highest BCUT2D eigenvalue weighted by Crippen LogP contribution is 2.42. The summed E-state index contributed by atoms with van der Waals surface area (Å²) >= 11 is 0. The second-order valence-electron chi connectivity index (χ2n) is 16.0. The number of benzene rings is 7. The van der Waals surface area contributed by atoms with Crippen molar-refractivity contribution in [3.05, 3.63) is 224 Å². The highest BCUT2D eigenvalue weighted by Gasteiger charge is 2.20. The summed E-state index contributed by atoms with van der Waals surface area (Å²) in [4.78, 5) is 19.4. The van der Waals surface area contributed by atoms with E-state index < -0.39 is 0 Å². The molecule has 11 rings (SSSR count). The van der Waals surface area contributed by atoms with Gasteiger partial charge >= 0.3 is 0 Å². The van der Waals surface area contributed by atoms with E-state index in [0.29, 0.717) is 28.9 Å². The SMILES string of the molecule is Cc1c(-c2ccccc2)cc(-c2ccccc2)c(C)c1-c1cnc(-n2c3cc(Oc4cccc(-c5ccccn5)c4)ccc3c3ccc(Oc4cccc(-c5ccccn5)c4)cc32)nc1. The summed E-state index contributed by atoms with van der Waals surface area (Å²) in [7, 11) is 0. The van der Waals surface area contributed by atoms with Crippen molar-refractivity contribution in [2.75, 3.05) is 0 Å². The molecule has 0 aliphatic rings. The van der Waals surface area contributed by atoms with Crippen molar-refractivity contribution in [2.45, 2.75) is 13.8 Å². The molecule has 0 amide bonds. The van der Waals surface area contributed by atoms with E-state index in [0.717, 1.165) is 66.6 Å². The van der Waals surface area contributed by atoms with Crippen LogP contribution in [0, 0.1) is 13.8 Å². The molecule has 0 spiro atoms. The molecule has 0 radical (unpaired) electrons. The van der Waals surface area contributed by atoms with Crippen molar-refractivity contribution in [2.24, 2.45) is 0 Å². The Kier molecular flexibility index (Phi) is 10.2. The Hall–Kier alpha value is -8.68. The lowest BCUT2D eigenvalue weighted by atomic mass is 9.85. The van der Waals surface area contributed by atoms with Crippen LogP contribution in [-0.4, -0.2) is 24.5 Å². The van der Waals surface area contributed by atoms with Gasteiger partial charge in [-0.1, -0.05) is 97.1 Å². The van der Waals surface area contributed by atoms with Gasteiger partial charge < -0.3 is 9.47 Å². The summed E-state index contributed by atoms with van der Waals surface area (Å²) in [5.74, 6) is 3.29. The van der Waals surface area contributed by atoms with Crippen molar-refractivity contribution < 1.29 is 9.47 Å². The number of rotatable bonds is 10. The third-order valence-electron chi connectivity index (χ3n) is 11.9. The van der Waals surface area contributed by atoms with Crippen LogP contribution in [0.4, 0.5) is 0 Å². The maximum absolute atomic E-state index is 6.57. The fourth-order valence-electron chi connectivity index (χ4n) is 8.84. The molecule has 0 fully saturated rings. The molecular formula is C58H41N5O2. The zero-order chi connectivity index (χ0) is 43.7. The van der Waals surface area contributed by atoms with E-state index >= 15 is 0 Å². The van der Waals surface area contributed by atoms with Gasteiger partial charge in [0.15, 0.2) is 0 Å². The first-order valence-electron chi connectivity index (χ1n) is 21.6. The summed E-state index contributed by atoms with van der Waals surface area (Å²) in [5, 5.41) is 2.06. The van der Waals surface area contributed by atoms with Crippen LogP contribution in [0.1, 0.15) is 11.1 Å². The second-order valence-corrected chi connectivity index (χ2v) is 16.0. The Labute approximate surface area is 377 Å². The number of hydrogen-bond donors (Lipinski definition) is 0. The van der Waals surface area contributed by atoms with Crippen LogP contribution in [0.2, 0.25) is 0 Å². The third-order valence-corrected chi connectivity index (χ3v) is 11.9. The Morgan fingerprint density at radius 3 is 1.28 bits per heavy atom. The van der Waals surface area contributed by atoms with Gasteiger partial charge in [-0.05, 0) is 132 Å². The monoisotopic (exact) mass is 839 g/mol. The van der Waals surface area contributed by atoms with Crippen LogP contribution >= 0.6 is 0 Å². The molecule has 0 unspecified atom stereocenters. The van der Waals surface area contributed by atoms with E-state index in [2.05, 4.69) is 119 Å². The zero-order valence-corrected chi connectivity index (χ0v) is 35.8. The molecule has 11 aromatic rings. The second kappa shape index (κ2) is 16.9. The molecule has 65 heavy (non-hydrogen) atoms. The number of fused-ring (bicyclic) bond motifs is 3. The van der Waals surface area contributed by atoms with Gasteiger partial charge in [0.1, 0.15) is 23.0 Å². The predicted molar refractivity (Wildman–Crippen MR) is 262 cm³/mol. The minimum atomic E-state index is 0.523. The molecule has 0 saturated carbocycles. The standard InChI is InChI=1S/C58H41N5O2/c1-38-51(40-15-5-3-6-16-40)35-52(41-17-7-4-8-18-41)39(2)57(38)44-36-61-58(62-37-44)63-55-33-47(64-45-21-13-19-42(31-45)53-23-9-11-29-59-53)25-27-49(55)50-28-26-48(34-56(50)63)65-46-22-14-20-43(32-46)54-24-10-12-30-60-54/h3-37H,1-2H3. The third kappa shape index (κ3) is 7.66. The smallest absolute Gasteiger partial charge is 0.234 e. The summed E-state index contributed by atoms with van der Waals surface area (Å²) in [6.45, 7) is 4.39. The van der Waals surface area contributed by atoms with Crippen molar-refractivity contribution in [1.29, 1.82) is 0 Å². The van der Waals surface area contributed by atoms with Gasteiger partial charge in [0, 0.05) is 64.4 Å². The van der Waals surface area contributed by atoms with Crippen LogP contribution < -0.4 is 9.47 Å². The maximum Gasteiger partial charge on any atom is 0.234 e. The molecular weight excluding hydrogens is 799 g/mol. The van der Waals surface area contributed by atoms with E-state index in [-0.39, 0.29) is 0 Å². The summed E-state index contributed by atoms with van der Waals surface area (Å²) in [5.41, 5.74) is 14.6. The van der Waals surface area contributed by atoms with Crippen LogP contribution in [0.3, 0.4) is 0 Å². The number of ether oxygens (including phenoxy) is 2. The fraction of sp³-hybridized carbons (Fsp3) is 0.0345. The molecule has 4 heterocycles. The van der Waals surface area contributed by atoms with Gasteiger partial charge in [0.05, 0.1) is 22.4 Å². The van der Waals surface area contributed by atoms with Gasteiger partial charge in [0.25, 0.3) is 0 Å². The average Bonchev–Trinajstić information content (AvgIpc) is 3.68. The fourth-order valence-corrected chi connectivity index (χ4v) is 8.84. The number of nitrogens with zero attached hydrogens (tertiary/aromatic N) is 5. The molecule has 0 atom stereocenters. The average molecular weight is 840 g/mol. The van der Waals surface area contributed by atoms with E-state index in [4.69, 9.17) is 19.4 Å². The lowest BCUT2D eigenvalue weighted by Gasteiger charge is -2.19. The molecule has 310 valence electrons. The largest absolute Gasteiger partial charge is 0.457 e. The van der Waals surface area contributed by atoms with Crippen LogP contribution in [0.25, 0.3) is 83.6 Å². The summed E-state index contributed by atoms with van der Waals surface area (Å²) in [6, 6.07) is 63.6. The molecule has 0 aliphatic carbocycles. The lowest BCUT2D eigenvalue weighted by molar-refractivity contribution is 0.483. The van der Waals surface area contributed by atoms with Crippen LogP contribution in [0.5, 0.6) is 23.0 Å². The van der Waals surface area contributed by atoms with Gasteiger partial charge in [-0.15, -0.1) is 0 Å². The Balaban J connectivity index is 1.03. The molecule has 4 aromatic heterocycles. The molecule has 0 bridgehead atoms. The molecule has 0 saturated heterocycles. The first kappa shape index (κ1) is 39.2. The molecule has 7 aromatic carbocycles. The summed E-state index contributed by atoms with van der Waals surface area (Å²) < 4.78 is 15.2. The van der Waals surface area contributed by atoms with Gasteiger partial charge in [-0.3, -0.25) is 14.5 Å². The molecule has 7 heteroatoms. The first-order chi connectivity index (χ1) is 32.0. The van der Waals surface area contributed by atoms with Gasteiger partial charge in [-0.25, -0.2) is 9.97 Å². The molecule has 0 N–H and O–H groups in total. The van der Waals surface area contributed by atoms with Crippen molar-refractivity contribution in [3.63, 3.8) is 0 Å². The van der Waals surface area contributed by atoms with Crippen LogP contribution in [0.15, 0.2) is 213 Å². The Morgan fingerprint density at radius 2 is 0.815 bits per heavy atom. The van der Waals surface area contributed by atoms with Crippen molar-refractivity contribution in [3.8, 4) is 84.8 Å². The highest BCUT2D eigenvalue weighted by atomic mass is 16.5. The Morgan fingerprint density at radius 1 is 0.369 bits per heavy atom. The first-order valence-corrected chi connectivity index (χ1v) is 21.6. The van der Waals surface area contributed by atoms with Crippen molar-refractivity contribution >= 4 is 21.8 Å². The van der Waals surface area contributed by atoms with Gasteiger partial charge in [-0.2, -0.15) is 0 Å². The van der Waals surface area contributed by atoms with Crippen molar-refractivity contribution in [1.82, 2.24) is 24.5 Å². The molecule has 7 nitrogen and oxygen atoms in total. The van der Waals surface area contributed by atoms with Crippen LogP contribution in [-0.2, 0) is 0 Å². The normalized spacial score (nSPS) is 11.2. The number of aromatic nitrogens is 5. The minimum Gasteiger partial charge on any atom is -0.457 e. The number of pyridine rings is 2. The zero-order valence-electron chi connectivity index (χ0n) is 35.8. The maximum atomic E-state index is 6.57. The van der Waals surface area contributed by atoms with E-state index in [9.17, 15) is 0 Å². The van der Waals surface area contributed by atoms with Gasteiger partial charge in [0.2, 0.25) is 5.95 Å². The molecule has 0 aliphatic heterocycles. The summed E-state index contributed by atoms with van der Waals surface area (Å²) in [6.07, 6.45) is 7.50. The number of hydrogen-bond acceptors (Lipinski definition) is 6. The van der Waals surface area contributed by atoms with E-state index in [1.54, 1.807) is 12.4 Å².